The van der Waals surface area contributed by atoms with Crippen LogP contribution < -0.4 is 10.2 Å². The summed E-state index contributed by atoms with van der Waals surface area (Å²) in [4.78, 5) is 6.53. The number of rotatable bonds is 3. The molecule has 0 saturated carbocycles. The highest BCUT2D eigenvalue weighted by Crippen LogP contribution is 2.42. The molecule has 1 saturated heterocycles. The highest BCUT2D eigenvalue weighted by atomic mass is 15.6. The summed E-state index contributed by atoms with van der Waals surface area (Å²) in [6, 6.07) is 24.7. The van der Waals surface area contributed by atoms with Gasteiger partial charge in [0.1, 0.15) is 5.82 Å². The normalized spacial score (nSPS) is 20.6. The minimum atomic E-state index is 0.392. The summed E-state index contributed by atoms with van der Waals surface area (Å²) >= 11 is 0. The van der Waals surface area contributed by atoms with Crippen LogP contribution in [-0.4, -0.2) is 35.1 Å². The molecule has 6 rings (SSSR count). The first kappa shape index (κ1) is 22.5. The summed E-state index contributed by atoms with van der Waals surface area (Å²) in [5, 5.41) is 10.4. The minimum Gasteiger partial charge on any atom is -0.341 e. The van der Waals surface area contributed by atoms with Crippen molar-refractivity contribution in [1.82, 2.24) is 15.0 Å². The van der Waals surface area contributed by atoms with Crippen molar-refractivity contribution in [2.24, 2.45) is 0 Å². The Bertz CT molecular complexity index is 1500. The van der Waals surface area contributed by atoms with Gasteiger partial charge in [-0.25, -0.2) is 10.0 Å². The van der Waals surface area contributed by atoms with Crippen molar-refractivity contribution in [3.8, 4) is 11.1 Å². The van der Waals surface area contributed by atoms with Gasteiger partial charge in [-0.2, -0.15) is 0 Å². The van der Waals surface area contributed by atoms with Gasteiger partial charge < -0.3 is 5.32 Å². The van der Waals surface area contributed by atoms with Crippen LogP contribution in [0.4, 0.5) is 11.4 Å². The number of hydrazine groups is 1. The van der Waals surface area contributed by atoms with Crippen molar-refractivity contribution in [2.75, 3.05) is 24.3 Å². The molecule has 3 aromatic carbocycles. The molecule has 5 nitrogen and oxygen atoms in total. The second-order valence-corrected chi connectivity index (χ2v) is 9.87. The van der Waals surface area contributed by atoms with Crippen LogP contribution in [0.15, 0.2) is 98.1 Å². The fraction of sp³-hybridized carbons (Fsp3) is 0.194. The average molecular weight is 474 g/mol. The Morgan fingerprint density at radius 1 is 0.889 bits per heavy atom. The molecule has 2 aliphatic rings. The maximum atomic E-state index is 4.46. The zero-order valence-electron chi connectivity index (χ0n) is 21.1. The molecule has 2 aliphatic heterocycles. The van der Waals surface area contributed by atoms with Crippen LogP contribution in [0.25, 0.3) is 27.6 Å². The SMILES string of the molecule is C=C1Nc2cc(-c3cccc(C4CC(C)N(C)N4C)c3)ccc2C(=C)N1c1cncc2ccccc12. The fourth-order valence-electron chi connectivity index (χ4n) is 5.58. The number of fused-ring (bicyclic) bond motifs is 2. The van der Waals surface area contributed by atoms with Crippen molar-refractivity contribution in [1.29, 1.82) is 0 Å². The molecule has 5 heteroatoms. The molecular weight excluding hydrogens is 442 g/mol. The summed E-state index contributed by atoms with van der Waals surface area (Å²) in [6.07, 6.45) is 4.89. The van der Waals surface area contributed by atoms with Crippen molar-refractivity contribution in [2.45, 2.75) is 25.4 Å². The number of hydrogen-bond donors (Lipinski definition) is 1. The van der Waals surface area contributed by atoms with Crippen LogP contribution in [0.5, 0.6) is 0 Å². The zero-order chi connectivity index (χ0) is 25.0. The van der Waals surface area contributed by atoms with Gasteiger partial charge in [0.2, 0.25) is 0 Å². The predicted molar refractivity (Wildman–Crippen MR) is 150 cm³/mol. The summed E-state index contributed by atoms with van der Waals surface area (Å²) in [5.74, 6) is 0.765. The molecule has 0 aliphatic carbocycles. The van der Waals surface area contributed by atoms with Crippen LogP contribution in [-0.2, 0) is 0 Å². The van der Waals surface area contributed by atoms with Crippen LogP contribution in [0.1, 0.15) is 30.5 Å². The van der Waals surface area contributed by atoms with Gasteiger partial charge in [-0.05, 0) is 42.2 Å². The van der Waals surface area contributed by atoms with Gasteiger partial charge in [-0.3, -0.25) is 9.88 Å². The number of anilines is 2. The maximum absolute atomic E-state index is 4.46. The largest absolute Gasteiger partial charge is 0.341 e. The van der Waals surface area contributed by atoms with Gasteiger partial charge in [-0.1, -0.05) is 67.8 Å². The molecule has 2 atom stereocenters. The molecule has 36 heavy (non-hydrogen) atoms. The zero-order valence-corrected chi connectivity index (χ0v) is 21.1. The summed E-state index contributed by atoms with van der Waals surface area (Å²) in [5.41, 5.74) is 7.66. The Kier molecular flexibility index (Phi) is 5.40. The number of hydrogen-bond acceptors (Lipinski definition) is 5. The van der Waals surface area contributed by atoms with E-state index in [0.717, 1.165) is 45.6 Å². The summed E-state index contributed by atoms with van der Waals surface area (Å²) in [7, 11) is 4.35. The Hall–Kier alpha value is -3.93. The van der Waals surface area contributed by atoms with Gasteiger partial charge in [0.15, 0.2) is 0 Å². The van der Waals surface area contributed by atoms with Gasteiger partial charge in [-0.15, -0.1) is 0 Å². The Morgan fingerprint density at radius 3 is 2.50 bits per heavy atom. The van der Waals surface area contributed by atoms with Gasteiger partial charge in [0.25, 0.3) is 0 Å². The third-order valence-corrected chi connectivity index (χ3v) is 7.79. The van der Waals surface area contributed by atoms with E-state index in [4.69, 9.17) is 0 Å². The number of benzene rings is 3. The van der Waals surface area contributed by atoms with Crippen LogP contribution in [0, 0.1) is 0 Å². The van der Waals surface area contributed by atoms with Crippen LogP contribution in [0.3, 0.4) is 0 Å². The summed E-state index contributed by atoms with van der Waals surface area (Å²) in [6.45, 7) is 11.1. The number of pyridine rings is 1. The lowest BCUT2D eigenvalue weighted by Gasteiger charge is -2.35. The van der Waals surface area contributed by atoms with E-state index in [-0.39, 0.29) is 0 Å². The fourth-order valence-corrected chi connectivity index (χ4v) is 5.58. The van der Waals surface area contributed by atoms with E-state index in [1.54, 1.807) is 0 Å². The monoisotopic (exact) mass is 473 g/mol. The Balaban J connectivity index is 1.34. The van der Waals surface area contributed by atoms with Crippen LogP contribution >= 0.6 is 0 Å². The quantitative estimate of drug-likeness (QED) is 0.351. The predicted octanol–water partition coefficient (Wildman–Crippen LogP) is 6.89. The maximum Gasteiger partial charge on any atom is 0.108 e. The first-order valence-electron chi connectivity index (χ1n) is 12.4. The molecule has 0 amide bonds. The van der Waals surface area contributed by atoms with E-state index in [2.05, 4.69) is 114 Å². The van der Waals surface area contributed by atoms with Gasteiger partial charge >= 0.3 is 0 Å². The summed E-state index contributed by atoms with van der Waals surface area (Å²) < 4.78 is 0. The van der Waals surface area contributed by atoms with Crippen molar-refractivity contribution < 1.29 is 0 Å². The second-order valence-electron chi connectivity index (χ2n) is 9.87. The van der Waals surface area contributed by atoms with Crippen LogP contribution in [0.2, 0.25) is 0 Å². The van der Waals surface area contributed by atoms with E-state index < -0.39 is 0 Å². The molecular formula is C31H31N5. The average Bonchev–Trinajstić information content (AvgIpc) is 3.16. The van der Waals surface area contributed by atoms with E-state index >= 15 is 0 Å². The third kappa shape index (κ3) is 3.60. The number of nitrogens with zero attached hydrogens (tertiary/aromatic N) is 4. The van der Waals surface area contributed by atoms with E-state index in [9.17, 15) is 0 Å². The third-order valence-electron chi connectivity index (χ3n) is 7.79. The van der Waals surface area contributed by atoms with E-state index in [0.29, 0.717) is 12.1 Å². The lowest BCUT2D eigenvalue weighted by molar-refractivity contribution is 0.0304. The molecule has 1 aromatic heterocycles. The Morgan fingerprint density at radius 2 is 1.69 bits per heavy atom. The number of aromatic nitrogens is 1. The lowest BCUT2D eigenvalue weighted by atomic mass is 9.95. The molecule has 0 radical (unpaired) electrons. The molecule has 2 unspecified atom stereocenters. The number of nitrogens with one attached hydrogen (secondary N) is 1. The second kappa shape index (κ2) is 8.63. The highest BCUT2D eigenvalue weighted by molar-refractivity contribution is 6.01. The molecule has 0 spiro atoms. The Labute approximate surface area is 213 Å². The van der Waals surface area contributed by atoms with E-state index in [1.807, 2.05) is 24.5 Å². The topological polar surface area (TPSA) is 34.6 Å². The molecule has 4 aromatic rings. The van der Waals surface area contributed by atoms with Crippen molar-refractivity contribution in [3.63, 3.8) is 0 Å². The van der Waals surface area contributed by atoms with Gasteiger partial charge in [0, 0.05) is 54.1 Å². The highest BCUT2D eigenvalue weighted by Gasteiger charge is 2.33. The van der Waals surface area contributed by atoms with E-state index in [1.165, 1.54) is 16.7 Å². The lowest BCUT2D eigenvalue weighted by Crippen LogP contribution is -2.34. The molecule has 1 fully saturated rings. The standard InChI is InChI=1S/C31H31N5/c1-20-15-30(35(5)34(20)4)25-11-8-10-23(16-25)24-13-14-27-21(2)36(22(3)33-29(27)17-24)31-19-32-18-26-9-6-7-12-28(26)31/h6-14,16-20,30,33H,2-3,15H2,1,4-5H3. The molecule has 180 valence electrons. The molecule has 1 N–H and O–H groups in total. The van der Waals surface area contributed by atoms with Crippen molar-refractivity contribution >= 4 is 27.8 Å². The molecule has 3 heterocycles. The minimum absolute atomic E-state index is 0.392. The van der Waals surface area contributed by atoms with Crippen molar-refractivity contribution in [3.05, 3.63) is 109 Å². The molecule has 0 bridgehead atoms. The first-order valence-corrected chi connectivity index (χ1v) is 12.4. The first-order chi connectivity index (χ1) is 17.4. The smallest absolute Gasteiger partial charge is 0.108 e. The van der Waals surface area contributed by atoms with Gasteiger partial charge in [0.05, 0.1) is 17.9 Å².